The summed E-state index contributed by atoms with van der Waals surface area (Å²) in [6.07, 6.45) is 18.3. The van der Waals surface area contributed by atoms with Gasteiger partial charge in [0.25, 0.3) is 0 Å². The van der Waals surface area contributed by atoms with Crippen LogP contribution in [0.15, 0.2) is 46.3 Å². The van der Waals surface area contributed by atoms with E-state index < -0.39 is 0 Å². The van der Waals surface area contributed by atoms with Gasteiger partial charge in [-0.25, -0.2) is 0 Å². The Hall–Kier alpha value is -1.77. The minimum absolute atomic E-state index is 0.360. The van der Waals surface area contributed by atoms with Gasteiger partial charge in [-0.1, -0.05) is 5.16 Å². The smallest absolute Gasteiger partial charge is 0.177 e. The van der Waals surface area contributed by atoms with Crippen molar-refractivity contribution in [2.75, 3.05) is 0 Å². The molecule has 2 N–H and O–H groups in total. The Morgan fingerprint density at radius 2 is 1.18 bits per heavy atom. The number of rotatable bonds is 10. The molecule has 8 aliphatic rings. The molecular weight excluding hydrogens is 611 g/mol. The normalized spacial score (nSPS) is 36.0. The average molecular weight is 656 g/mol. The second-order valence-corrected chi connectivity index (χ2v) is 19.6. The summed E-state index contributed by atoms with van der Waals surface area (Å²) in [5.41, 5.74) is 3.20. The molecular formula is C38H45N3OS3. The highest BCUT2D eigenvalue weighted by Gasteiger charge is 2.51. The van der Waals surface area contributed by atoms with E-state index in [0.29, 0.717) is 11.1 Å². The zero-order chi connectivity index (χ0) is 29.6. The van der Waals surface area contributed by atoms with Crippen molar-refractivity contribution in [3.8, 4) is 20.4 Å². The largest absolute Gasteiger partial charge is 0.355 e. The maximum atomic E-state index is 5.86. The quantitative estimate of drug-likeness (QED) is 0.179. The van der Waals surface area contributed by atoms with E-state index in [1.165, 1.54) is 107 Å². The van der Waals surface area contributed by atoms with Gasteiger partial charge in [-0.3, -0.25) is 0 Å². The summed E-state index contributed by atoms with van der Waals surface area (Å²) >= 11 is 5.71. The number of aromatic nitrogens is 1. The fourth-order valence-electron chi connectivity index (χ4n) is 11.7. The third-order valence-corrected chi connectivity index (χ3v) is 16.1. The third kappa shape index (κ3) is 5.43. The van der Waals surface area contributed by atoms with Gasteiger partial charge in [0, 0.05) is 56.2 Å². The van der Waals surface area contributed by atoms with Crippen LogP contribution in [0.1, 0.15) is 98.1 Å². The van der Waals surface area contributed by atoms with Crippen molar-refractivity contribution in [2.24, 2.45) is 35.5 Å². The van der Waals surface area contributed by atoms with Gasteiger partial charge in [-0.05, 0) is 154 Å². The summed E-state index contributed by atoms with van der Waals surface area (Å²) in [7, 11) is 0. The van der Waals surface area contributed by atoms with Gasteiger partial charge >= 0.3 is 0 Å². The summed E-state index contributed by atoms with van der Waals surface area (Å²) in [6.45, 7) is 1.86. The minimum Gasteiger partial charge on any atom is -0.355 e. The van der Waals surface area contributed by atoms with Crippen molar-refractivity contribution in [3.63, 3.8) is 0 Å². The first-order valence-corrected chi connectivity index (χ1v) is 20.2. The van der Waals surface area contributed by atoms with Gasteiger partial charge in [0.15, 0.2) is 5.76 Å². The van der Waals surface area contributed by atoms with Gasteiger partial charge in [0.05, 0.1) is 10.6 Å². The molecule has 4 aromatic heterocycles. The van der Waals surface area contributed by atoms with Crippen LogP contribution < -0.4 is 10.6 Å². The zero-order valence-corrected chi connectivity index (χ0v) is 28.6. The lowest BCUT2D eigenvalue weighted by atomic mass is 9.53. The predicted molar refractivity (Wildman–Crippen MR) is 186 cm³/mol. The molecule has 0 saturated heterocycles. The first kappa shape index (κ1) is 28.3. The highest BCUT2D eigenvalue weighted by molar-refractivity contribution is 7.22. The van der Waals surface area contributed by atoms with Crippen molar-refractivity contribution in [1.82, 2.24) is 15.8 Å². The van der Waals surface area contributed by atoms with Gasteiger partial charge in [-0.15, -0.1) is 34.0 Å². The van der Waals surface area contributed by atoms with E-state index in [1.807, 2.05) is 22.7 Å². The van der Waals surface area contributed by atoms with Gasteiger partial charge in [-0.2, -0.15) is 0 Å². The third-order valence-electron chi connectivity index (χ3n) is 12.8. The number of hydrogen-bond donors (Lipinski definition) is 2. The van der Waals surface area contributed by atoms with Crippen molar-refractivity contribution >= 4 is 34.0 Å². The lowest BCUT2D eigenvalue weighted by Gasteiger charge is -2.57. The molecule has 7 heteroatoms. The standard InChI is InChI=1S/C38H45N3OS3/c1-3-34(35-4-2-32(45-35)21-40-38-17-26-8-27(18-38)10-28(9-26)19-38)44-31(1)11-29-12-36(43-22-29)33-13-30(41-42-33)20-39-37-14-23-5-24(15-37)7-25(6-23)16-37/h1-4,12-13,22-28,39-40H,5-11,14-21H2. The maximum absolute atomic E-state index is 5.86. The Bertz CT molecular complexity index is 1500. The van der Waals surface area contributed by atoms with Crippen molar-refractivity contribution in [3.05, 3.63) is 62.8 Å². The molecule has 8 aliphatic carbocycles. The molecule has 0 radical (unpaired) electrons. The molecule has 236 valence electrons. The summed E-state index contributed by atoms with van der Waals surface area (Å²) < 4.78 is 5.86. The van der Waals surface area contributed by atoms with Crippen LogP contribution in [-0.4, -0.2) is 16.2 Å². The summed E-state index contributed by atoms with van der Waals surface area (Å²) in [6, 6.07) is 13.8. The molecule has 0 amide bonds. The molecule has 0 atom stereocenters. The second kappa shape index (κ2) is 10.9. The Labute approximate surface area is 279 Å². The maximum Gasteiger partial charge on any atom is 0.177 e. The van der Waals surface area contributed by atoms with Crippen LogP contribution in [-0.2, 0) is 19.5 Å². The molecule has 4 aromatic rings. The minimum atomic E-state index is 0.360. The first-order chi connectivity index (χ1) is 22.0. The molecule has 45 heavy (non-hydrogen) atoms. The van der Waals surface area contributed by atoms with E-state index >= 15 is 0 Å². The fourth-order valence-corrected chi connectivity index (χ4v) is 14.7. The van der Waals surface area contributed by atoms with Gasteiger partial charge in [0.2, 0.25) is 0 Å². The first-order valence-electron chi connectivity index (χ1n) is 17.7. The van der Waals surface area contributed by atoms with E-state index in [-0.39, 0.29) is 0 Å². The molecule has 0 aromatic carbocycles. The van der Waals surface area contributed by atoms with Crippen molar-refractivity contribution in [2.45, 2.75) is 108 Å². The number of hydrogen-bond acceptors (Lipinski definition) is 7. The average Bonchev–Trinajstić information content (AvgIpc) is 3.82. The lowest BCUT2D eigenvalue weighted by Crippen LogP contribution is -2.58. The Morgan fingerprint density at radius 3 is 1.78 bits per heavy atom. The molecule has 8 saturated carbocycles. The van der Waals surface area contributed by atoms with Crippen LogP contribution in [0.3, 0.4) is 0 Å². The Balaban J connectivity index is 0.753. The molecule has 4 heterocycles. The highest BCUT2D eigenvalue weighted by atomic mass is 32.1. The number of nitrogens with zero attached hydrogens (tertiary/aromatic N) is 1. The summed E-state index contributed by atoms with van der Waals surface area (Å²) in [4.78, 5) is 6.91. The van der Waals surface area contributed by atoms with E-state index in [2.05, 4.69) is 57.6 Å². The van der Waals surface area contributed by atoms with Crippen LogP contribution in [0.4, 0.5) is 0 Å². The van der Waals surface area contributed by atoms with Crippen LogP contribution in [0.25, 0.3) is 20.4 Å². The van der Waals surface area contributed by atoms with Gasteiger partial charge in [0.1, 0.15) is 0 Å². The molecule has 4 nitrogen and oxygen atoms in total. The van der Waals surface area contributed by atoms with E-state index in [0.717, 1.165) is 66.5 Å². The van der Waals surface area contributed by atoms with Gasteiger partial charge < -0.3 is 15.2 Å². The lowest BCUT2D eigenvalue weighted by molar-refractivity contribution is -0.0208. The van der Waals surface area contributed by atoms with Crippen LogP contribution in [0.2, 0.25) is 0 Å². The topological polar surface area (TPSA) is 50.1 Å². The Kier molecular flexibility index (Phi) is 6.83. The van der Waals surface area contributed by atoms with Crippen LogP contribution in [0.5, 0.6) is 0 Å². The number of thiophene rings is 3. The molecule has 0 spiro atoms. The second-order valence-electron chi connectivity index (χ2n) is 16.3. The number of nitrogens with one attached hydrogen (secondary N) is 2. The fraction of sp³-hybridized carbons (Fsp3) is 0.605. The van der Waals surface area contributed by atoms with Crippen LogP contribution in [0, 0.1) is 35.5 Å². The molecule has 0 unspecified atom stereocenters. The zero-order valence-electron chi connectivity index (χ0n) is 26.2. The molecule has 8 bridgehead atoms. The van der Waals surface area contributed by atoms with E-state index in [9.17, 15) is 0 Å². The summed E-state index contributed by atoms with van der Waals surface area (Å²) in [5, 5.41) is 14.8. The predicted octanol–water partition coefficient (Wildman–Crippen LogP) is 9.90. The molecule has 8 fully saturated rings. The van der Waals surface area contributed by atoms with E-state index in [4.69, 9.17) is 4.52 Å². The van der Waals surface area contributed by atoms with Crippen molar-refractivity contribution in [1.29, 1.82) is 0 Å². The highest BCUT2D eigenvalue weighted by Crippen LogP contribution is 2.57. The summed E-state index contributed by atoms with van der Waals surface area (Å²) in [5.74, 6) is 6.78. The molecule has 12 rings (SSSR count). The van der Waals surface area contributed by atoms with Crippen LogP contribution >= 0.6 is 34.0 Å². The molecule has 0 aliphatic heterocycles. The van der Waals surface area contributed by atoms with Crippen molar-refractivity contribution < 1.29 is 4.52 Å². The Morgan fingerprint density at radius 1 is 0.644 bits per heavy atom. The SMILES string of the molecule is c1sc(-c2cc(CNC34CC5CC(CC(C5)C3)C4)no2)cc1Cc1ccc(-c2ccc(CNC34CC5CC(CC(C5)C3)C4)s2)s1. The van der Waals surface area contributed by atoms with E-state index in [1.54, 1.807) is 11.3 Å². The monoisotopic (exact) mass is 655 g/mol.